The number of rotatable bonds is 3. The summed E-state index contributed by atoms with van der Waals surface area (Å²) in [6.07, 6.45) is 2.48. The number of imidazole rings is 1. The Hall–Kier alpha value is -1.20. The zero-order valence-electron chi connectivity index (χ0n) is 9.91. The average Bonchev–Trinajstić information content (AvgIpc) is 2.98. The number of aryl methyl sites for hydroxylation is 1. The van der Waals surface area contributed by atoms with Crippen molar-refractivity contribution in [1.82, 2.24) is 14.3 Å². The van der Waals surface area contributed by atoms with Gasteiger partial charge in [0.2, 0.25) is 0 Å². The summed E-state index contributed by atoms with van der Waals surface area (Å²) in [7, 11) is 1.78. The van der Waals surface area contributed by atoms with E-state index in [9.17, 15) is 4.79 Å². The number of fused-ring (bicyclic) bond motifs is 1. The second kappa shape index (κ2) is 3.65. The summed E-state index contributed by atoms with van der Waals surface area (Å²) in [4.78, 5) is 15.4. The van der Waals surface area contributed by atoms with Crippen LogP contribution in [0, 0.1) is 0 Å². The summed E-state index contributed by atoms with van der Waals surface area (Å²) < 4.78 is 5.10. The van der Waals surface area contributed by atoms with Gasteiger partial charge in [-0.25, -0.2) is 4.79 Å². The smallest absolute Gasteiger partial charge is 0.306 e. The summed E-state index contributed by atoms with van der Waals surface area (Å²) in [6, 6.07) is 6.02. The third kappa shape index (κ3) is 2.00. The highest BCUT2D eigenvalue weighted by Crippen LogP contribution is 2.37. The SMILES string of the molecule is Cn1c(=O)[nH]c2ccc(SNC3(C)CC3)cc21. The largest absolute Gasteiger partial charge is 0.326 e. The predicted molar refractivity (Wildman–Crippen MR) is 70.2 cm³/mol. The van der Waals surface area contributed by atoms with Crippen LogP contribution in [0.5, 0.6) is 0 Å². The van der Waals surface area contributed by atoms with E-state index in [1.165, 1.54) is 12.8 Å². The van der Waals surface area contributed by atoms with Crippen molar-refractivity contribution in [2.75, 3.05) is 0 Å². The molecule has 1 aliphatic carbocycles. The van der Waals surface area contributed by atoms with Crippen LogP contribution in [0.15, 0.2) is 27.9 Å². The standard InChI is InChI=1S/C12H15N3OS/c1-12(5-6-12)14-17-8-3-4-9-10(7-8)15(2)11(16)13-9/h3-4,7,14H,5-6H2,1-2H3,(H,13,16). The quantitative estimate of drug-likeness (QED) is 0.818. The number of hydrogen-bond donors (Lipinski definition) is 2. The van der Waals surface area contributed by atoms with Crippen molar-refractivity contribution in [3.8, 4) is 0 Å². The Kier molecular flexibility index (Phi) is 2.34. The highest BCUT2D eigenvalue weighted by Gasteiger charge is 2.36. The Morgan fingerprint density at radius 1 is 1.47 bits per heavy atom. The number of nitrogens with one attached hydrogen (secondary N) is 2. The number of H-pyrrole nitrogens is 1. The molecule has 4 nitrogen and oxygen atoms in total. The number of hydrogen-bond acceptors (Lipinski definition) is 3. The van der Waals surface area contributed by atoms with Gasteiger partial charge in [0.25, 0.3) is 0 Å². The van der Waals surface area contributed by atoms with Crippen LogP contribution in [-0.2, 0) is 7.05 Å². The van der Waals surface area contributed by atoms with Crippen molar-refractivity contribution >= 4 is 23.0 Å². The van der Waals surface area contributed by atoms with Crippen LogP contribution < -0.4 is 10.4 Å². The van der Waals surface area contributed by atoms with Crippen molar-refractivity contribution < 1.29 is 0 Å². The van der Waals surface area contributed by atoms with Gasteiger partial charge >= 0.3 is 5.69 Å². The third-order valence-corrected chi connectivity index (χ3v) is 4.38. The Balaban J connectivity index is 1.90. The van der Waals surface area contributed by atoms with Crippen molar-refractivity contribution in [1.29, 1.82) is 0 Å². The molecule has 1 fully saturated rings. The number of aromatic amines is 1. The van der Waals surface area contributed by atoms with Gasteiger partial charge in [-0.2, -0.15) is 0 Å². The minimum Gasteiger partial charge on any atom is -0.306 e. The minimum absolute atomic E-state index is 0.0655. The van der Waals surface area contributed by atoms with Crippen molar-refractivity contribution in [3.63, 3.8) is 0 Å². The normalized spacial score (nSPS) is 17.5. The highest BCUT2D eigenvalue weighted by molar-refractivity contribution is 7.97. The van der Waals surface area contributed by atoms with Gasteiger partial charge in [0, 0.05) is 17.5 Å². The van der Waals surface area contributed by atoms with Gasteiger partial charge in [-0.1, -0.05) is 0 Å². The van der Waals surface area contributed by atoms with Crippen LogP contribution in [0.25, 0.3) is 11.0 Å². The van der Waals surface area contributed by atoms with E-state index in [1.807, 2.05) is 18.2 Å². The van der Waals surface area contributed by atoms with Gasteiger partial charge in [0.15, 0.2) is 0 Å². The molecule has 1 saturated carbocycles. The fraction of sp³-hybridized carbons (Fsp3) is 0.417. The molecule has 2 N–H and O–H groups in total. The van der Waals surface area contributed by atoms with Gasteiger partial charge in [-0.05, 0) is 49.9 Å². The monoisotopic (exact) mass is 249 g/mol. The van der Waals surface area contributed by atoms with E-state index in [2.05, 4.69) is 16.6 Å². The molecule has 1 heterocycles. The number of benzene rings is 1. The van der Waals surface area contributed by atoms with E-state index in [4.69, 9.17) is 0 Å². The molecule has 0 spiro atoms. The van der Waals surface area contributed by atoms with Gasteiger partial charge in [0.1, 0.15) is 0 Å². The number of aromatic nitrogens is 2. The Labute approximate surface area is 104 Å². The topological polar surface area (TPSA) is 49.8 Å². The summed E-state index contributed by atoms with van der Waals surface area (Å²) in [5.74, 6) is 0. The Bertz CT molecular complexity index is 624. The summed E-state index contributed by atoms with van der Waals surface area (Å²) in [5, 5.41) is 0. The van der Waals surface area contributed by atoms with Gasteiger partial charge in [0.05, 0.1) is 11.0 Å². The Morgan fingerprint density at radius 2 is 2.24 bits per heavy atom. The molecule has 0 saturated heterocycles. The number of nitrogens with zero attached hydrogens (tertiary/aromatic N) is 1. The molecular formula is C12H15N3OS. The first-order chi connectivity index (χ1) is 8.07. The van der Waals surface area contributed by atoms with Crippen LogP contribution in [0.2, 0.25) is 0 Å². The first kappa shape index (κ1) is 10.9. The maximum Gasteiger partial charge on any atom is 0.326 e. The molecule has 0 radical (unpaired) electrons. The predicted octanol–water partition coefficient (Wildman–Crippen LogP) is 2.02. The molecule has 0 unspecified atom stereocenters. The highest BCUT2D eigenvalue weighted by atomic mass is 32.2. The van der Waals surface area contributed by atoms with Gasteiger partial charge in [-0.3, -0.25) is 9.29 Å². The molecule has 1 aromatic carbocycles. The molecule has 0 amide bonds. The molecule has 1 aromatic heterocycles. The molecule has 2 aromatic rings. The molecule has 1 aliphatic rings. The van der Waals surface area contributed by atoms with Crippen LogP contribution in [0.1, 0.15) is 19.8 Å². The van der Waals surface area contributed by atoms with Gasteiger partial charge in [-0.15, -0.1) is 0 Å². The molecule has 17 heavy (non-hydrogen) atoms. The summed E-state index contributed by atoms with van der Waals surface area (Å²) in [6.45, 7) is 2.23. The first-order valence-corrected chi connectivity index (χ1v) is 6.52. The van der Waals surface area contributed by atoms with Crippen LogP contribution in [0.3, 0.4) is 0 Å². The van der Waals surface area contributed by atoms with E-state index in [1.54, 1.807) is 23.6 Å². The molecule has 0 bridgehead atoms. The average molecular weight is 249 g/mol. The first-order valence-electron chi connectivity index (χ1n) is 5.70. The van der Waals surface area contributed by atoms with Crippen molar-refractivity contribution in [3.05, 3.63) is 28.7 Å². The Morgan fingerprint density at radius 3 is 2.94 bits per heavy atom. The van der Waals surface area contributed by atoms with Crippen molar-refractivity contribution in [2.45, 2.75) is 30.2 Å². The third-order valence-electron chi connectivity index (χ3n) is 3.29. The second-order valence-corrected chi connectivity index (χ2v) is 5.81. The molecule has 3 rings (SSSR count). The second-order valence-electron chi connectivity index (χ2n) is 4.93. The zero-order chi connectivity index (χ0) is 12.0. The van der Waals surface area contributed by atoms with Crippen LogP contribution >= 0.6 is 11.9 Å². The fourth-order valence-electron chi connectivity index (χ4n) is 1.74. The molecule has 90 valence electrons. The zero-order valence-corrected chi connectivity index (χ0v) is 10.7. The lowest BCUT2D eigenvalue weighted by Gasteiger charge is -2.09. The van der Waals surface area contributed by atoms with E-state index >= 15 is 0 Å². The van der Waals surface area contributed by atoms with Crippen molar-refractivity contribution in [2.24, 2.45) is 7.05 Å². The lowest BCUT2D eigenvalue weighted by molar-refractivity contribution is 0.701. The summed E-state index contributed by atoms with van der Waals surface area (Å²) >= 11 is 1.64. The van der Waals surface area contributed by atoms with Gasteiger partial charge < -0.3 is 4.98 Å². The molecular weight excluding hydrogens is 234 g/mol. The maximum absolute atomic E-state index is 11.5. The van der Waals surface area contributed by atoms with E-state index in [0.717, 1.165) is 15.9 Å². The molecule has 0 aliphatic heterocycles. The minimum atomic E-state index is -0.0655. The maximum atomic E-state index is 11.5. The van der Waals surface area contributed by atoms with Crippen LogP contribution in [0.4, 0.5) is 0 Å². The molecule has 5 heteroatoms. The van der Waals surface area contributed by atoms with E-state index in [0.29, 0.717) is 5.54 Å². The fourth-order valence-corrected chi connectivity index (χ4v) is 2.61. The molecule has 0 atom stereocenters. The van der Waals surface area contributed by atoms with E-state index < -0.39 is 0 Å². The van der Waals surface area contributed by atoms with E-state index in [-0.39, 0.29) is 5.69 Å². The summed E-state index contributed by atoms with van der Waals surface area (Å²) in [5.41, 5.74) is 2.08. The lowest BCUT2D eigenvalue weighted by atomic mass is 10.3. The lowest BCUT2D eigenvalue weighted by Crippen LogP contribution is -2.19. The van der Waals surface area contributed by atoms with Crippen LogP contribution in [-0.4, -0.2) is 15.1 Å².